The summed E-state index contributed by atoms with van der Waals surface area (Å²) >= 11 is 0. The molecule has 0 bridgehead atoms. The number of hydrogen-bond donors (Lipinski definition) is 0. The Kier molecular flexibility index (Phi) is 4.30. The lowest BCUT2D eigenvalue weighted by atomic mass is 9.78. The summed E-state index contributed by atoms with van der Waals surface area (Å²) in [6.45, 7) is 4.55. The van der Waals surface area contributed by atoms with Gasteiger partial charge in [0.2, 0.25) is 17.7 Å². The summed E-state index contributed by atoms with van der Waals surface area (Å²) in [5.74, 6) is 2.27. The Balaban J connectivity index is 1.38. The number of nitrogens with zero attached hydrogens (tertiary/aromatic N) is 4. The van der Waals surface area contributed by atoms with Crippen LogP contribution >= 0.6 is 0 Å². The summed E-state index contributed by atoms with van der Waals surface area (Å²) in [6, 6.07) is 0. The van der Waals surface area contributed by atoms with E-state index in [0.29, 0.717) is 37.4 Å². The van der Waals surface area contributed by atoms with E-state index < -0.39 is 0 Å². The molecule has 3 heterocycles. The van der Waals surface area contributed by atoms with Crippen molar-refractivity contribution in [3.8, 4) is 0 Å². The molecule has 1 atom stereocenters. The lowest BCUT2D eigenvalue weighted by molar-refractivity contribution is -0.146. The molecule has 2 aliphatic heterocycles. The highest BCUT2D eigenvalue weighted by Crippen LogP contribution is 2.41. The standard InChI is InChI=1S/C17H26N4O3/c1-23-10-9-21-7-2-5-17(16(21)22)6-8-20(12-17)11-14-18-19-15(24-14)13-3-4-13/h13H,2-12H2,1H3/t17-/m0/s1. The summed E-state index contributed by atoms with van der Waals surface area (Å²) in [5.41, 5.74) is -0.217. The number of aromatic nitrogens is 2. The third-order valence-corrected chi connectivity index (χ3v) is 5.59. The summed E-state index contributed by atoms with van der Waals surface area (Å²) in [4.78, 5) is 17.2. The Hall–Kier alpha value is -1.47. The van der Waals surface area contributed by atoms with Crippen LogP contribution in [0.3, 0.4) is 0 Å². The van der Waals surface area contributed by atoms with Gasteiger partial charge in [-0.05, 0) is 38.6 Å². The second-order valence-corrected chi connectivity index (χ2v) is 7.44. The number of ether oxygens (including phenoxy) is 1. The molecule has 24 heavy (non-hydrogen) atoms. The van der Waals surface area contributed by atoms with E-state index in [9.17, 15) is 4.79 Å². The van der Waals surface area contributed by atoms with Crippen LogP contribution < -0.4 is 0 Å². The molecule has 1 saturated carbocycles. The van der Waals surface area contributed by atoms with Crippen molar-refractivity contribution in [2.24, 2.45) is 5.41 Å². The van der Waals surface area contributed by atoms with Crippen LogP contribution in [0.1, 0.15) is 49.8 Å². The maximum atomic E-state index is 12.9. The van der Waals surface area contributed by atoms with Gasteiger partial charge < -0.3 is 14.1 Å². The highest BCUT2D eigenvalue weighted by atomic mass is 16.5. The largest absolute Gasteiger partial charge is 0.424 e. The predicted molar refractivity (Wildman–Crippen MR) is 86.3 cm³/mol. The molecular formula is C17H26N4O3. The van der Waals surface area contributed by atoms with E-state index in [1.54, 1.807) is 7.11 Å². The molecule has 7 heteroatoms. The van der Waals surface area contributed by atoms with Crippen molar-refractivity contribution in [3.05, 3.63) is 11.8 Å². The van der Waals surface area contributed by atoms with Gasteiger partial charge in [0.25, 0.3) is 0 Å². The van der Waals surface area contributed by atoms with E-state index in [-0.39, 0.29) is 5.41 Å². The van der Waals surface area contributed by atoms with Gasteiger partial charge in [-0.25, -0.2) is 0 Å². The molecule has 1 aromatic rings. The first-order valence-corrected chi connectivity index (χ1v) is 9.03. The topological polar surface area (TPSA) is 71.7 Å². The fraction of sp³-hybridized carbons (Fsp3) is 0.824. The molecule has 1 aromatic heterocycles. The fourth-order valence-corrected chi connectivity index (χ4v) is 4.06. The normalized spacial score (nSPS) is 28.2. The van der Waals surface area contributed by atoms with Gasteiger partial charge in [0.15, 0.2) is 0 Å². The number of piperidine rings is 1. The Morgan fingerprint density at radius 3 is 2.96 bits per heavy atom. The number of carbonyl (C=O) groups is 1. The van der Waals surface area contributed by atoms with E-state index in [4.69, 9.17) is 9.15 Å². The monoisotopic (exact) mass is 334 g/mol. The molecule has 0 N–H and O–H groups in total. The van der Waals surface area contributed by atoms with E-state index in [1.165, 1.54) is 12.8 Å². The molecule has 1 spiro atoms. The molecule has 3 fully saturated rings. The summed E-state index contributed by atoms with van der Waals surface area (Å²) in [7, 11) is 1.68. The first-order valence-electron chi connectivity index (χ1n) is 9.03. The third-order valence-electron chi connectivity index (χ3n) is 5.59. The van der Waals surface area contributed by atoms with Gasteiger partial charge in [0, 0.05) is 32.7 Å². The Bertz CT molecular complexity index is 600. The minimum atomic E-state index is -0.217. The van der Waals surface area contributed by atoms with Crippen LogP contribution in [0.2, 0.25) is 0 Å². The number of rotatable bonds is 6. The highest BCUT2D eigenvalue weighted by Gasteiger charge is 2.48. The van der Waals surface area contributed by atoms with Crippen LogP contribution in [0.4, 0.5) is 0 Å². The molecule has 132 valence electrons. The number of amides is 1. The molecule has 2 saturated heterocycles. The van der Waals surface area contributed by atoms with Crippen LogP contribution in [0.15, 0.2) is 4.42 Å². The molecule has 0 radical (unpaired) electrons. The Morgan fingerprint density at radius 2 is 2.17 bits per heavy atom. The van der Waals surface area contributed by atoms with Crippen molar-refractivity contribution >= 4 is 5.91 Å². The molecule has 0 unspecified atom stereocenters. The van der Waals surface area contributed by atoms with Gasteiger partial charge in [-0.1, -0.05) is 0 Å². The van der Waals surface area contributed by atoms with Gasteiger partial charge in [-0.3, -0.25) is 9.69 Å². The van der Waals surface area contributed by atoms with Crippen LogP contribution in [0, 0.1) is 5.41 Å². The van der Waals surface area contributed by atoms with Crippen molar-refractivity contribution in [2.45, 2.75) is 44.6 Å². The average Bonchev–Trinajstić information content (AvgIpc) is 3.21. The summed E-state index contributed by atoms with van der Waals surface area (Å²) in [6.07, 6.45) is 5.33. The number of hydrogen-bond acceptors (Lipinski definition) is 6. The zero-order valence-electron chi connectivity index (χ0n) is 14.4. The van der Waals surface area contributed by atoms with Crippen molar-refractivity contribution in [3.63, 3.8) is 0 Å². The van der Waals surface area contributed by atoms with Crippen molar-refractivity contribution in [2.75, 3.05) is 39.9 Å². The molecule has 0 aromatic carbocycles. The maximum absolute atomic E-state index is 12.9. The zero-order chi connectivity index (χ0) is 16.6. The SMILES string of the molecule is COCCN1CCC[C@@]2(CCN(Cc3nnc(C4CC4)o3)C2)C1=O. The van der Waals surface area contributed by atoms with Gasteiger partial charge in [-0.2, -0.15) is 0 Å². The zero-order valence-corrected chi connectivity index (χ0v) is 14.4. The van der Waals surface area contributed by atoms with Crippen molar-refractivity contribution in [1.82, 2.24) is 20.0 Å². The fourth-order valence-electron chi connectivity index (χ4n) is 4.06. The first-order chi connectivity index (χ1) is 11.7. The molecule has 1 aliphatic carbocycles. The minimum absolute atomic E-state index is 0.217. The molecular weight excluding hydrogens is 308 g/mol. The lowest BCUT2D eigenvalue weighted by Crippen LogP contribution is -2.50. The van der Waals surface area contributed by atoms with Crippen molar-refractivity contribution in [1.29, 1.82) is 0 Å². The average molecular weight is 334 g/mol. The molecule has 3 aliphatic rings. The van der Waals surface area contributed by atoms with Gasteiger partial charge in [-0.15, -0.1) is 10.2 Å². The van der Waals surface area contributed by atoms with Crippen molar-refractivity contribution < 1.29 is 13.9 Å². The van der Waals surface area contributed by atoms with E-state index in [0.717, 1.165) is 44.8 Å². The van der Waals surface area contributed by atoms with Gasteiger partial charge in [0.1, 0.15) is 0 Å². The minimum Gasteiger partial charge on any atom is -0.424 e. The van der Waals surface area contributed by atoms with Crippen LogP contribution in [-0.4, -0.2) is 65.8 Å². The Morgan fingerprint density at radius 1 is 1.29 bits per heavy atom. The number of likely N-dealkylation sites (tertiary alicyclic amines) is 2. The van der Waals surface area contributed by atoms with E-state index in [1.807, 2.05) is 4.90 Å². The second-order valence-electron chi connectivity index (χ2n) is 7.44. The van der Waals surface area contributed by atoms with Gasteiger partial charge >= 0.3 is 0 Å². The number of carbonyl (C=O) groups excluding carboxylic acids is 1. The summed E-state index contributed by atoms with van der Waals surface area (Å²) < 4.78 is 10.9. The third kappa shape index (κ3) is 3.07. The first kappa shape index (κ1) is 16.0. The van der Waals surface area contributed by atoms with Crippen LogP contribution in [-0.2, 0) is 16.1 Å². The summed E-state index contributed by atoms with van der Waals surface area (Å²) in [5, 5.41) is 8.33. The maximum Gasteiger partial charge on any atom is 0.230 e. The second kappa shape index (κ2) is 6.44. The quantitative estimate of drug-likeness (QED) is 0.783. The predicted octanol–water partition coefficient (Wildman–Crippen LogP) is 1.41. The van der Waals surface area contributed by atoms with Crippen LogP contribution in [0.25, 0.3) is 0 Å². The molecule has 1 amide bonds. The van der Waals surface area contributed by atoms with Crippen LogP contribution in [0.5, 0.6) is 0 Å². The Labute approximate surface area is 142 Å². The number of methoxy groups -OCH3 is 1. The van der Waals surface area contributed by atoms with E-state index >= 15 is 0 Å². The van der Waals surface area contributed by atoms with Gasteiger partial charge in [0.05, 0.1) is 18.6 Å². The highest BCUT2D eigenvalue weighted by molar-refractivity contribution is 5.84. The molecule has 7 nitrogen and oxygen atoms in total. The lowest BCUT2D eigenvalue weighted by Gasteiger charge is -2.39. The molecule has 4 rings (SSSR count). The van der Waals surface area contributed by atoms with E-state index in [2.05, 4.69) is 15.1 Å². The smallest absolute Gasteiger partial charge is 0.230 e.